The van der Waals surface area contributed by atoms with Crippen LogP contribution >= 0.6 is 0 Å². The van der Waals surface area contributed by atoms with Crippen molar-refractivity contribution in [2.24, 2.45) is 11.7 Å². The molecular formula is C17H32N4O7. The number of nitrogens with two attached hydrogens (primary N) is 1. The molecular weight excluding hydrogens is 372 g/mol. The molecule has 11 nitrogen and oxygen atoms in total. The van der Waals surface area contributed by atoms with Gasteiger partial charge in [-0.25, -0.2) is 4.79 Å². The standard InChI is InChI=1S/C17H32N4O7/c1-6-7(2)11(19-14(24)8(3)18)15(25)20-12(9(4)22)16(26)21-13(10(5)23)17(27)28/h7-13,22-23H,6,18H2,1-5H3,(H,19,24)(H,20,25)(H,21,26)(H,27,28). The van der Waals surface area contributed by atoms with Crippen LogP contribution in [0.2, 0.25) is 0 Å². The highest BCUT2D eigenvalue weighted by atomic mass is 16.4. The van der Waals surface area contributed by atoms with Crippen LogP contribution < -0.4 is 21.7 Å². The van der Waals surface area contributed by atoms with Crippen molar-refractivity contribution in [1.82, 2.24) is 16.0 Å². The highest BCUT2D eigenvalue weighted by Crippen LogP contribution is 2.09. The van der Waals surface area contributed by atoms with Crippen LogP contribution in [0, 0.1) is 5.92 Å². The fourth-order valence-electron chi connectivity index (χ4n) is 2.27. The van der Waals surface area contributed by atoms with Gasteiger partial charge in [0.25, 0.3) is 0 Å². The smallest absolute Gasteiger partial charge is 0.328 e. The molecule has 0 bridgehead atoms. The second-order valence-electron chi connectivity index (χ2n) is 6.95. The number of hydrogen-bond donors (Lipinski definition) is 7. The number of carboxylic acids is 1. The predicted molar refractivity (Wildman–Crippen MR) is 99.9 cm³/mol. The minimum Gasteiger partial charge on any atom is -0.480 e. The summed E-state index contributed by atoms with van der Waals surface area (Å²) in [7, 11) is 0. The van der Waals surface area contributed by atoms with Gasteiger partial charge in [0.1, 0.15) is 12.1 Å². The van der Waals surface area contributed by atoms with E-state index in [0.717, 1.165) is 0 Å². The molecule has 0 aliphatic rings. The third-order valence-electron chi connectivity index (χ3n) is 4.32. The summed E-state index contributed by atoms with van der Waals surface area (Å²) in [5.41, 5.74) is 5.51. The van der Waals surface area contributed by atoms with Gasteiger partial charge in [0.15, 0.2) is 6.04 Å². The van der Waals surface area contributed by atoms with Gasteiger partial charge in [-0.2, -0.15) is 0 Å². The second kappa shape index (κ2) is 11.6. The van der Waals surface area contributed by atoms with Gasteiger partial charge in [0, 0.05) is 0 Å². The van der Waals surface area contributed by atoms with Crippen molar-refractivity contribution in [2.45, 2.75) is 77.4 Å². The largest absolute Gasteiger partial charge is 0.480 e. The zero-order chi connectivity index (χ0) is 22.2. The third-order valence-corrected chi connectivity index (χ3v) is 4.32. The van der Waals surface area contributed by atoms with Gasteiger partial charge < -0.3 is 37.0 Å². The van der Waals surface area contributed by atoms with Gasteiger partial charge in [-0.3, -0.25) is 14.4 Å². The molecule has 7 atom stereocenters. The molecule has 0 rings (SSSR count). The first-order chi connectivity index (χ1) is 12.8. The Labute approximate surface area is 164 Å². The number of amides is 3. The topological polar surface area (TPSA) is 191 Å². The molecule has 0 aromatic rings. The predicted octanol–water partition coefficient (Wildman–Crippen LogP) is -2.32. The Morgan fingerprint density at radius 2 is 1.18 bits per heavy atom. The molecule has 11 heteroatoms. The summed E-state index contributed by atoms with van der Waals surface area (Å²) in [4.78, 5) is 48.0. The van der Waals surface area contributed by atoms with Crippen LogP contribution in [0.4, 0.5) is 0 Å². The molecule has 7 unspecified atom stereocenters. The first kappa shape index (κ1) is 25.8. The Morgan fingerprint density at radius 3 is 1.54 bits per heavy atom. The first-order valence-corrected chi connectivity index (χ1v) is 9.09. The lowest BCUT2D eigenvalue weighted by Gasteiger charge is -2.29. The van der Waals surface area contributed by atoms with Gasteiger partial charge in [-0.05, 0) is 26.7 Å². The summed E-state index contributed by atoms with van der Waals surface area (Å²) in [6, 6.07) is -4.97. The summed E-state index contributed by atoms with van der Waals surface area (Å²) in [5.74, 6) is -4.05. The lowest BCUT2D eigenvalue weighted by Crippen LogP contribution is -2.61. The first-order valence-electron chi connectivity index (χ1n) is 9.09. The van der Waals surface area contributed by atoms with Crippen LogP contribution in [0.3, 0.4) is 0 Å². The van der Waals surface area contributed by atoms with Gasteiger partial charge in [-0.15, -0.1) is 0 Å². The van der Waals surface area contributed by atoms with Crippen molar-refractivity contribution in [1.29, 1.82) is 0 Å². The lowest BCUT2D eigenvalue weighted by atomic mass is 9.97. The Morgan fingerprint density at radius 1 is 0.786 bits per heavy atom. The Kier molecular flexibility index (Phi) is 10.6. The fraction of sp³-hybridized carbons (Fsp3) is 0.765. The molecule has 3 amide bonds. The highest BCUT2D eigenvalue weighted by Gasteiger charge is 2.34. The van der Waals surface area contributed by atoms with E-state index in [1.165, 1.54) is 20.8 Å². The maximum atomic E-state index is 12.7. The molecule has 0 aromatic carbocycles. The molecule has 0 spiro atoms. The van der Waals surface area contributed by atoms with E-state index in [1.54, 1.807) is 6.92 Å². The van der Waals surface area contributed by atoms with Crippen molar-refractivity contribution in [3.8, 4) is 0 Å². The number of aliphatic hydroxyl groups is 2. The van der Waals surface area contributed by atoms with E-state index in [0.29, 0.717) is 6.42 Å². The van der Waals surface area contributed by atoms with Gasteiger partial charge >= 0.3 is 5.97 Å². The zero-order valence-corrected chi connectivity index (χ0v) is 16.8. The molecule has 0 aliphatic heterocycles. The molecule has 162 valence electrons. The Hall–Kier alpha value is -2.24. The molecule has 0 radical (unpaired) electrons. The summed E-state index contributed by atoms with van der Waals surface area (Å²) in [5, 5.41) is 35.3. The number of carbonyl (C=O) groups is 4. The van der Waals surface area contributed by atoms with E-state index in [2.05, 4.69) is 16.0 Å². The van der Waals surface area contributed by atoms with E-state index < -0.39 is 60.1 Å². The van der Waals surface area contributed by atoms with Crippen LogP contribution in [0.1, 0.15) is 41.0 Å². The van der Waals surface area contributed by atoms with Crippen molar-refractivity contribution in [2.75, 3.05) is 0 Å². The van der Waals surface area contributed by atoms with Crippen LogP contribution in [-0.2, 0) is 19.2 Å². The number of rotatable bonds is 11. The maximum absolute atomic E-state index is 12.7. The molecule has 8 N–H and O–H groups in total. The normalized spacial score (nSPS) is 18.6. The summed E-state index contributed by atoms with van der Waals surface area (Å²) in [6.45, 7) is 7.40. The number of nitrogens with one attached hydrogen (secondary N) is 3. The van der Waals surface area contributed by atoms with Crippen molar-refractivity contribution in [3.63, 3.8) is 0 Å². The Bertz CT molecular complexity index is 566. The monoisotopic (exact) mass is 404 g/mol. The maximum Gasteiger partial charge on any atom is 0.328 e. The summed E-state index contributed by atoms with van der Waals surface area (Å²) < 4.78 is 0. The number of carboxylic acid groups (broad SMARTS) is 1. The molecule has 0 fully saturated rings. The van der Waals surface area contributed by atoms with E-state index in [9.17, 15) is 29.4 Å². The Balaban J connectivity index is 5.41. The van der Waals surface area contributed by atoms with Crippen LogP contribution in [0.25, 0.3) is 0 Å². The molecule has 0 saturated heterocycles. The van der Waals surface area contributed by atoms with E-state index in [-0.39, 0.29) is 5.92 Å². The highest BCUT2D eigenvalue weighted by molar-refractivity contribution is 5.94. The molecule has 0 heterocycles. The fourth-order valence-corrected chi connectivity index (χ4v) is 2.27. The van der Waals surface area contributed by atoms with Crippen molar-refractivity contribution < 1.29 is 34.5 Å². The summed E-state index contributed by atoms with van der Waals surface area (Å²) in [6.07, 6.45) is -2.23. The average molecular weight is 404 g/mol. The number of aliphatic carboxylic acids is 1. The lowest BCUT2D eigenvalue weighted by molar-refractivity contribution is -0.146. The SMILES string of the molecule is CCC(C)C(NC(=O)C(C)N)C(=O)NC(C(=O)NC(C(=O)O)C(C)O)C(C)O. The molecule has 0 aromatic heterocycles. The average Bonchev–Trinajstić information content (AvgIpc) is 2.59. The van der Waals surface area contributed by atoms with Crippen molar-refractivity contribution >= 4 is 23.7 Å². The second-order valence-corrected chi connectivity index (χ2v) is 6.95. The summed E-state index contributed by atoms with van der Waals surface area (Å²) >= 11 is 0. The van der Waals surface area contributed by atoms with E-state index in [4.69, 9.17) is 10.8 Å². The van der Waals surface area contributed by atoms with Gasteiger partial charge in [0.2, 0.25) is 17.7 Å². The van der Waals surface area contributed by atoms with Crippen LogP contribution in [0.5, 0.6) is 0 Å². The number of aliphatic hydroxyl groups excluding tert-OH is 2. The number of hydrogen-bond acceptors (Lipinski definition) is 7. The molecule has 28 heavy (non-hydrogen) atoms. The van der Waals surface area contributed by atoms with Crippen molar-refractivity contribution in [3.05, 3.63) is 0 Å². The zero-order valence-electron chi connectivity index (χ0n) is 16.8. The van der Waals surface area contributed by atoms with E-state index in [1.807, 2.05) is 6.92 Å². The van der Waals surface area contributed by atoms with Crippen LogP contribution in [-0.4, -0.2) is 75.4 Å². The minimum atomic E-state index is -1.62. The van der Waals surface area contributed by atoms with Gasteiger partial charge in [0.05, 0.1) is 18.2 Å². The quantitative estimate of drug-likeness (QED) is 0.199. The van der Waals surface area contributed by atoms with E-state index >= 15 is 0 Å². The molecule has 0 saturated carbocycles. The van der Waals surface area contributed by atoms with Gasteiger partial charge in [-0.1, -0.05) is 20.3 Å². The van der Waals surface area contributed by atoms with Crippen LogP contribution in [0.15, 0.2) is 0 Å². The third kappa shape index (κ3) is 7.79. The minimum absolute atomic E-state index is 0.301. The molecule has 0 aliphatic carbocycles. The number of carbonyl (C=O) groups excluding carboxylic acids is 3.